The number of ether oxygens (including phenoxy) is 1. The van der Waals surface area contributed by atoms with Crippen molar-refractivity contribution >= 4 is 29.2 Å². The maximum absolute atomic E-state index is 11.4. The second-order valence-corrected chi connectivity index (χ2v) is 3.96. The van der Waals surface area contributed by atoms with Crippen LogP contribution >= 0.6 is 23.2 Å². The first-order valence-corrected chi connectivity index (χ1v) is 5.97. The maximum Gasteiger partial charge on any atom is 0.310 e. The molecule has 90 valence electrons. The Morgan fingerprint density at radius 2 is 2.24 bits per heavy atom. The number of esters is 1. The van der Waals surface area contributed by atoms with Gasteiger partial charge in [0.25, 0.3) is 0 Å². The topological polar surface area (TPSA) is 50.1 Å². The average Bonchev–Trinajstić information content (AvgIpc) is 2.31. The van der Waals surface area contributed by atoms with Gasteiger partial charge in [0.1, 0.15) is 0 Å². The number of benzene rings is 1. The van der Waals surface area contributed by atoms with Crippen molar-refractivity contribution in [2.75, 3.05) is 6.61 Å². The van der Waals surface area contributed by atoms with Gasteiger partial charge in [-0.3, -0.25) is 4.79 Å². The molecule has 0 radical (unpaired) electrons. The van der Waals surface area contributed by atoms with Crippen LogP contribution in [0.3, 0.4) is 0 Å². The predicted octanol–water partition coefficient (Wildman–Crippen LogP) is 3.06. The van der Waals surface area contributed by atoms with E-state index >= 15 is 0 Å². The molecule has 17 heavy (non-hydrogen) atoms. The number of halogens is 2. The van der Waals surface area contributed by atoms with Gasteiger partial charge in [0.15, 0.2) is 0 Å². The summed E-state index contributed by atoms with van der Waals surface area (Å²) in [5.41, 5.74) is 1.50. The van der Waals surface area contributed by atoms with E-state index in [4.69, 9.17) is 33.2 Å². The maximum atomic E-state index is 11.4. The Bertz CT molecular complexity index is 466. The first kappa shape index (κ1) is 13.8. The van der Waals surface area contributed by atoms with E-state index in [-0.39, 0.29) is 18.3 Å². The summed E-state index contributed by atoms with van der Waals surface area (Å²) in [6.45, 7) is 2.05. The van der Waals surface area contributed by atoms with Crippen molar-refractivity contribution in [2.45, 2.75) is 19.2 Å². The molecule has 0 fully saturated rings. The van der Waals surface area contributed by atoms with Crippen molar-refractivity contribution in [1.82, 2.24) is 0 Å². The number of carbonyl (C=O) groups is 1. The molecule has 5 heteroatoms. The molecule has 0 bridgehead atoms. The Labute approximate surface area is 110 Å². The van der Waals surface area contributed by atoms with E-state index in [2.05, 4.69) is 0 Å². The summed E-state index contributed by atoms with van der Waals surface area (Å²) >= 11 is 11.7. The molecule has 1 aromatic rings. The summed E-state index contributed by atoms with van der Waals surface area (Å²) in [5, 5.41) is 9.51. The lowest BCUT2D eigenvalue weighted by Gasteiger charge is -2.09. The molecule has 0 spiro atoms. The molecule has 0 unspecified atom stereocenters. The third-order valence-electron chi connectivity index (χ3n) is 2.23. The molecule has 0 saturated heterocycles. The van der Waals surface area contributed by atoms with Gasteiger partial charge in [-0.05, 0) is 18.6 Å². The first-order valence-electron chi connectivity index (χ1n) is 5.06. The van der Waals surface area contributed by atoms with Crippen LogP contribution in [0.4, 0.5) is 0 Å². The molecule has 1 rings (SSSR count). The standard InChI is InChI=1S/C12H11Cl2NO2/c1-2-17-12(16)5-8-3-4-11(14)9(6-13)10(8)7-15/h3-4H,2,5-6H2,1H3. The minimum absolute atomic E-state index is 0.0534. The van der Waals surface area contributed by atoms with E-state index in [0.29, 0.717) is 28.3 Å². The second-order valence-electron chi connectivity index (χ2n) is 3.29. The molecule has 0 amide bonds. The van der Waals surface area contributed by atoms with E-state index < -0.39 is 0 Å². The lowest BCUT2D eigenvalue weighted by Crippen LogP contribution is -2.09. The highest BCUT2D eigenvalue weighted by atomic mass is 35.5. The van der Waals surface area contributed by atoms with Crippen LogP contribution in [-0.2, 0) is 21.8 Å². The monoisotopic (exact) mass is 271 g/mol. The molecule has 0 N–H and O–H groups in total. The molecule has 0 aliphatic heterocycles. The highest BCUT2D eigenvalue weighted by Crippen LogP contribution is 2.25. The fourth-order valence-corrected chi connectivity index (χ4v) is 2.03. The van der Waals surface area contributed by atoms with Crippen LogP contribution < -0.4 is 0 Å². The predicted molar refractivity (Wildman–Crippen MR) is 66.1 cm³/mol. The van der Waals surface area contributed by atoms with Crippen LogP contribution in [0.25, 0.3) is 0 Å². The highest BCUT2D eigenvalue weighted by Gasteiger charge is 2.14. The normalized spacial score (nSPS) is 9.76. The van der Waals surface area contributed by atoms with E-state index in [9.17, 15) is 4.79 Å². The fourth-order valence-electron chi connectivity index (χ4n) is 1.46. The van der Waals surface area contributed by atoms with Crippen molar-refractivity contribution < 1.29 is 9.53 Å². The SMILES string of the molecule is CCOC(=O)Cc1ccc(Cl)c(CCl)c1C#N. The first-order chi connectivity index (χ1) is 8.13. The van der Waals surface area contributed by atoms with Crippen molar-refractivity contribution in [3.8, 4) is 6.07 Å². The number of nitrogens with zero attached hydrogens (tertiary/aromatic N) is 1. The number of alkyl halides is 1. The summed E-state index contributed by atoms with van der Waals surface area (Å²) in [4.78, 5) is 11.4. The van der Waals surface area contributed by atoms with Gasteiger partial charge < -0.3 is 4.74 Å². The molecule has 0 atom stereocenters. The van der Waals surface area contributed by atoms with Crippen molar-refractivity contribution in [1.29, 1.82) is 5.26 Å². The van der Waals surface area contributed by atoms with Crippen LogP contribution in [0, 0.1) is 11.3 Å². The lowest BCUT2D eigenvalue weighted by atomic mass is 10.0. The smallest absolute Gasteiger partial charge is 0.310 e. The van der Waals surface area contributed by atoms with Crippen LogP contribution in [0.1, 0.15) is 23.6 Å². The Balaban J connectivity index is 3.09. The summed E-state index contributed by atoms with van der Waals surface area (Å²) in [6, 6.07) is 5.31. The lowest BCUT2D eigenvalue weighted by molar-refractivity contribution is -0.142. The van der Waals surface area contributed by atoms with Crippen LogP contribution in [0.2, 0.25) is 5.02 Å². The van der Waals surface area contributed by atoms with Gasteiger partial charge in [-0.1, -0.05) is 17.7 Å². The Morgan fingerprint density at radius 3 is 2.76 bits per heavy atom. The van der Waals surface area contributed by atoms with E-state index in [1.165, 1.54) is 0 Å². The van der Waals surface area contributed by atoms with Crippen LogP contribution in [0.15, 0.2) is 12.1 Å². The Morgan fingerprint density at radius 1 is 1.53 bits per heavy atom. The molecule has 3 nitrogen and oxygen atoms in total. The van der Waals surface area contributed by atoms with E-state index in [0.717, 1.165) is 0 Å². The summed E-state index contributed by atoms with van der Waals surface area (Å²) in [5.74, 6) is -0.231. The number of hydrogen-bond donors (Lipinski definition) is 0. The van der Waals surface area contributed by atoms with Crippen molar-refractivity contribution in [2.24, 2.45) is 0 Å². The number of carbonyl (C=O) groups excluding carboxylic acids is 1. The molecule has 0 aliphatic rings. The minimum atomic E-state index is -0.369. The van der Waals surface area contributed by atoms with Crippen LogP contribution in [-0.4, -0.2) is 12.6 Å². The molecule has 0 heterocycles. The molecule has 1 aromatic carbocycles. The minimum Gasteiger partial charge on any atom is -0.466 e. The van der Waals surface area contributed by atoms with E-state index in [1.54, 1.807) is 19.1 Å². The van der Waals surface area contributed by atoms with E-state index in [1.807, 2.05) is 6.07 Å². The summed E-state index contributed by atoms with van der Waals surface area (Å²) in [6.07, 6.45) is 0.0534. The third-order valence-corrected chi connectivity index (χ3v) is 2.85. The van der Waals surface area contributed by atoms with Gasteiger partial charge in [-0.2, -0.15) is 5.26 Å². The fraction of sp³-hybridized carbons (Fsp3) is 0.333. The van der Waals surface area contributed by atoms with Gasteiger partial charge >= 0.3 is 5.97 Å². The quantitative estimate of drug-likeness (QED) is 0.625. The van der Waals surface area contributed by atoms with Gasteiger partial charge in [-0.15, -0.1) is 11.6 Å². The molecular formula is C12H11Cl2NO2. The number of rotatable bonds is 4. The zero-order valence-corrected chi connectivity index (χ0v) is 10.8. The molecule has 0 saturated carbocycles. The number of nitriles is 1. The van der Waals surface area contributed by atoms with Crippen LogP contribution in [0.5, 0.6) is 0 Å². The zero-order chi connectivity index (χ0) is 12.8. The summed E-state index contributed by atoms with van der Waals surface area (Å²) < 4.78 is 4.83. The highest BCUT2D eigenvalue weighted by molar-refractivity contribution is 6.32. The molecule has 0 aromatic heterocycles. The molecule has 0 aliphatic carbocycles. The van der Waals surface area contributed by atoms with Gasteiger partial charge in [0.05, 0.1) is 30.5 Å². The van der Waals surface area contributed by atoms with Gasteiger partial charge in [-0.25, -0.2) is 0 Å². The Kier molecular flexibility index (Phi) is 5.27. The largest absolute Gasteiger partial charge is 0.466 e. The molecular weight excluding hydrogens is 261 g/mol. The zero-order valence-electron chi connectivity index (χ0n) is 9.30. The second kappa shape index (κ2) is 6.48. The average molecular weight is 272 g/mol. The third kappa shape index (κ3) is 3.36. The van der Waals surface area contributed by atoms with Gasteiger partial charge in [0.2, 0.25) is 0 Å². The summed E-state index contributed by atoms with van der Waals surface area (Å²) in [7, 11) is 0. The van der Waals surface area contributed by atoms with Gasteiger partial charge in [0, 0.05) is 10.6 Å². The van der Waals surface area contributed by atoms with Crippen molar-refractivity contribution in [3.05, 3.63) is 33.8 Å². The van der Waals surface area contributed by atoms with Crippen molar-refractivity contribution in [3.63, 3.8) is 0 Å². The number of hydrogen-bond acceptors (Lipinski definition) is 3. The Hall–Kier alpha value is -1.24.